The van der Waals surface area contributed by atoms with E-state index < -0.39 is 17.7 Å². The molecule has 2 heterocycles. The number of amides is 2. The molecule has 0 unspecified atom stereocenters. The molecule has 0 bridgehead atoms. The van der Waals surface area contributed by atoms with Crippen LogP contribution in [0.2, 0.25) is 0 Å². The van der Waals surface area contributed by atoms with Gasteiger partial charge in [0.1, 0.15) is 16.7 Å². The molecule has 1 N–H and O–H groups in total. The number of hydrogen-bond donors (Lipinski definition) is 1. The van der Waals surface area contributed by atoms with Gasteiger partial charge in [0.05, 0.1) is 18.2 Å². The van der Waals surface area contributed by atoms with Crippen LogP contribution in [0.5, 0.6) is 0 Å². The summed E-state index contributed by atoms with van der Waals surface area (Å²) in [7, 11) is 0. The summed E-state index contributed by atoms with van der Waals surface area (Å²) in [6.07, 6.45) is -0.379. The van der Waals surface area contributed by atoms with Gasteiger partial charge in [-0.3, -0.25) is 15.0 Å². The number of anilines is 1. The highest BCUT2D eigenvalue weighted by Crippen LogP contribution is 2.30. The van der Waals surface area contributed by atoms with Crippen LogP contribution in [0.1, 0.15) is 73.7 Å². The largest absolute Gasteiger partial charge is 0.444 e. The minimum atomic E-state index is -0.695. The van der Waals surface area contributed by atoms with Gasteiger partial charge in [0.25, 0.3) is 0 Å². The second-order valence-corrected chi connectivity index (χ2v) is 11.4. The molecule has 164 valence electrons. The molecular weight excluding hydrogens is 392 g/mol. The Balaban J connectivity index is 2.17. The lowest BCUT2D eigenvalue weighted by molar-refractivity contribution is -0.120. The Morgan fingerprint density at radius 3 is 2.14 bits per heavy atom. The van der Waals surface area contributed by atoms with Crippen molar-refractivity contribution < 1.29 is 19.1 Å². The lowest BCUT2D eigenvalue weighted by Crippen LogP contribution is -2.45. The van der Waals surface area contributed by atoms with Crippen LogP contribution in [0, 0.1) is 0 Å². The van der Waals surface area contributed by atoms with E-state index >= 15 is 0 Å². The van der Waals surface area contributed by atoms with Crippen molar-refractivity contribution in [1.29, 1.82) is 0 Å². The highest BCUT2D eigenvalue weighted by molar-refractivity contribution is 7.15. The third-order valence-corrected chi connectivity index (χ3v) is 5.27. The molecule has 1 aromatic heterocycles. The smallest absolute Gasteiger partial charge is 0.411 e. The zero-order valence-electron chi connectivity index (χ0n) is 19.0. The Labute approximate surface area is 177 Å². The number of hydrogen-bond acceptors (Lipinski definition) is 7. The second kappa shape index (κ2) is 8.18. The standard InChI is InChI=1S/C20H34N4O4S/c1-18(2,3)15-22-23-16(29-15)21-14(25)13-10-12(27-19(4,5)6)11-24(13)17(26)28-20(7,8)9/h12-13H,10-11H2,1-9H3,(H,21,23,25)/t12-,13+/m1/s1. The Morgan fingerprint density at radius 2 is 1.66 bits per heavy atom. The second-order valence-electron chi connectivity index (χ2n) is 10.4. The molecule has 0 spiro atoms. The maximum Gasteiger partial charge on any atom is 0.411 e. The summed E-state index contributed by atoms with van der Waals surface area (Å²) >= 11 is 1.34. The van der Waals surface area contributed by atoms with Crippen LogP contribution < -0.4 is 5.32 Å². The SMILES string of the molecule is CC(C)(C)OC(=O)N1C[C@H](OC(C)(C)C)C[C@H]1C(=O)Nc1nnc(C(C)(C)C)s1. The van der Waals surface area contributed by atoms with E-state index in [0.29, 0.717) is 18.1 Å². The van der Waals surface area contributed by atoms with Crippen LogP contribution in [0.15, 0.2) is 0 Å². The zero-order valence-corrected chi connectivity index (χ0v) is 19.8. The molecule has 0 aromatic carbocycles. The molecule has 0 saturated carbocycles. The molecule has 1 saturated heterocycles. The molecule has 1 fully saturated rings. The third-order valence-electron chi connectivity index (χ3n) is 4.01. The van der Waals surface area contributed by atoms with Crippen LogP contribution in [0.4, 0.5) is 9.93 Å². The van der Waals surface area contributed by atoms with E-state index in [1.54, 1.807) is 20.8 Å². The van der Waals surface area contributed by atoms with Crippen molar-refractivity contribution in [3.05, 3.63) is 5.01 Å². The van der Waals surface area contributed by atoms with Crippen LogP contribution in [-0.2, 0) is 19.7 Å². The third kappa shape index (κ3) is 6.92. The van der Waals surface area contributed by atoms with Gasteiger partial charge in [-0.1, -0.05) is 32.1 Å². The summed E-state index contributed by atoms with van der Waals surface area (Å²) in [5.74, 6) is -0.313. The molecule has 8 nitrogen and oxygen atoms in total. The number of ether oxygens (including phenoxy) is 2. The highest BCUT2D eigenvalue weighted by Gasteiger charge is 2.43. The highest BCUT2D eigenvalue weighted by atomic mass is 32.1. The Kier molecular flexibility index (Phi) is 6.64. The van der Waals surface area contributed by atoms with Crippen LogP contribution in [-0.4, -0.2) is 57.0 Å². The van der Waals surface area contributed by atoms with Crippen LogP contribution >= 0.6 is 11.3 Å². The van der Waals surface area contributed by atoms with E-state index in [2.05, 4.69) is 15.5 Å². The van der Waals surface area contributed by atoms with Crippen molar-refractivity contribution in [3.8, 4) is 0 Å². The van der Waals surface area contributed by atoms with E-state index in [1.807, 2.05) is 41.5 Å². The number of nitrogens with zero attached hydrogens (tertiary/aromatic N) is 3. The predicted molar refractivity (Wildman–Crippen MR) is 113 cm³/mol. The van der Waals surface area contributed by atoms with Crippen molar-refractivity contribution in [1.82, 2.24) is 15.1 Å². The maximum atomic E-state index is 13.0. The molecule has 29 heavy (non-hydrogen) atoms. The average Bonchev–Trinajstić information content (AvgIpc) is 3.10. The van der Waals surface area contributed by atoms with Crippen molar-refractivity contribution in [2.45, 2.75) is 97.5 Å². The quantitative estimate of drug-likeness (QED) is 0.786. The maximum absolute atomic E-state index is 13.0. The molecule has 2 rings (SSSR count). The minimum Gasteiger partial charge on any atom is -0.444 e. The Morgan fingerprint density at radius 1 is 1.03 bits per heavy atom. The lowest BCUT2D eigenvalue weighted by atomic mass is 9.98. The Bertz CT molecular complexity index is 743. The number of carbonyl (C=O) groups excluding carboxylic acids is 2. The number of rotatable bonds is 3. The molecular formula is C20H34N4O4S. The summed E-state index contributed by atoms with van der Waals surface area (Å²) in [4.78, 5) is 27.2. The van der Waals surface area contributed by atoms with E-state index in [4.69, 9.17) is 9.47 Å². The summed E-state index contributed by atoms with van der Waals surface area (Å²) in [5, 5.41) is 12.3. The van der Waals surface area contributed by atoms with Crippen molar-refractivity contribution in [2.24, 2.45) is 0 Å². The predicted octanol–water partition coefficient (Wildman–Crippen LogP) is 3.97. The van der Waals surface area contributed by atoms with Crippen LogP contribution in [0.3, 0.4) is 0 Å². The zero-order chi connectivity index (χ0) is 22.2. The molecule has 1 aliphatic rings. The van der Waals surface area contributed by atoms with Gasteiger partial charge in [0.15, 0.2) is 0 Å². The van der Waals surface area contributed by atoms with Gasteiger partial charge in [-0.05, 0) is 41.5 Å². The van der Waals surface area contributed by atoms with Gasteiger partial charge in [-0.15, -0.1) is 10.2 Å². The van der Waals surface area contributed by atoms with E-state index in [0.717, 1.165) is 5.01 Å². The van der Waals surface area contributed by atoms with Gasteiger partial charge in [-0.2, -0.15) is 0 Å². The molecule has 0 radical (unpaired) electrons. The molecule has 1 aromatic rings. The minimum absolute atomic E-state index is 0.151. The Hall–Kier alpha value is -1.74. The summed E-state index contributed by atoms with van der Waals surface area (Å²) in [6, 6.07) is -0.695. The summed E-state index contributed by atoms with van der Waals surface area (Å²) in [6.45, 7) is 17.7. The number of aromatic nitrogens is 2. The van der Waals surface area contributed by atoms with E-state index in [1.165, 1.54) is 16.2 Å². The molecule has 1 aliphatic heterocycles. The fourth-order valence-corrected chi connectivity index (χ4v) is 3.72. The fourth-order valence-electron chi connectivity index (χ4n) is 2.92. The first-order valence-electron chi connectivity index (χ1n) is 9.87. The van der Waals surface area contributed by atoms with Crippen molar-refractivity contribution >= 4 is 28.5 Å². The summed E-state index contributed by atoms with van der Waals surface area (Å²) < 4.78 is 11.5. The van der Waals surface area contributed by atoms with Gasteiger partial charge in [-0.25, -0.2) is 4.79 Å². The van der Waals surface area contributed by atoms with E-state index in [-0.39, 0.29) is 23.0 Å². The topological polar surface area (TPSA) is 93.6 Å². The molecule has 2 amide bonds. The van der Waals surface area contributed by atoms with Gasteiger partial charge < -0.3 is 9.47 Å². The van der Waals surface area contributed by atoms with Crippen molar-refractivity contribution in [2.75, 3.05) is 11.9 Å². The molecule has 0 aliphatic carbocycles. The van der Waals surface area contributed by atoms with Gasteiger partial charge in [0.2, 0.25) is 11.0 Å². The molecule has 2 atom stereocenters. The number of carbonyl (C=O) groups is 2. The first kappa shape index (κ1) is 23.5. The van der Waals surface area contributed by atoms with Gasteiger partial charge >= 0.3 is 6.09 Å². The monoisotopic (exact) mass is 426 g/mol. The van der Waals surface area contributed by atoms with E-state index in [9.17, 15) is 9.59 Å². The lowest BCUT2D eigenvalue weighted by Gasteiger charge is -2.28. The number of nitrogens with one attached hydrogen (secondary N) is 1. The first-order valence-corrected chi connectivity index (χ1v) is 10.7. The van der Waals surface area contributed by atoms with Crippen LogP contribution in [0.25, 0.3) is 0 Å². The average molecular weight is 427 g/mol. The molecule has 9 heteroatoms. The van der Waals surface area contributed by atoms with Gasteiger partial charge in [0, 0.05) is 11.8 Å². The normalized spacial score (nSPS) is 20.7. The fraction of sp³-hybridized carbons (Fsp3) is 0.800. The number of likely N-dealkylation sites (tertiary alicyclic amines) is 1. The van der Waals surface area contributed by atoms with Crippen molar-refractivity contribution in [3.63, 3.8) is 0 Å². The summed E-state index contributed by atoms with van der Waals surface area (Å²) in [5.41, 5.74) is -1.18. The first-order chi connectivity index (χ1) is 13.0.